The second kappa shape index (κ2) is 6.02. The molecule has 0 unspecified atom stereocenters. The molecule has 22 heavy (non-hydrogen) atoms. The molecule has 7 heteroatoms. The number of halogens is 3. The fraction of sp³-hybridized carbons (Fsp3) is 0.133. The summed E-state index contributed by atoms with van der Waals surface area (Å²) in [7, 11) is 0. The lowest BCUT2D eigenvalue weighted by molar-refractivity contribution is 0.102. The van der Waals surface area contributed by atoms with Gasteiger partial charge in [-0.1, -0.05) is 23.2 Å². The van der Waals surface area contributed by atoms with Crippen molar-refractivity contribution in [1.29, 1.82) is 0 Å². The summed E-state index contributed by atoms with van der Waals surface area (Å²) in [5.41, 5.74) is 0.133. The van der Waals surface area contributed by atoms with Crippen LogP contribution in [0.15, 0.2) is 30.3 Å². The van der Waals surface area contributed by atoms with Crippen molar-refractivity contribution in [2.24, 2.45) is 0 Å². The van der Waals surface area contributed by atoms with Crippen LogP contribution in [0.2, 0.25) is 10.0 Å². The van der Waals surface area contributed by atoms with Gasteiger partial charge >= 0.3 is 0 Å². The third kappa shape index (κ3) is 2.96. The van der Waals surface area contributed by atoms with E-state index in [1.165, 1.54) is 18.2 Å². The first kappa shape index (κ1) is 14.9. The molecule has 1 aliphatic heterocycles. The molecule has 4 nitrogen and oxygen atoms in total. The van der Waals surface area contributed by atoms with Gasteiger partial charge in [0.15, 0.2) is 11.5 Å². The van der Waals surface area contributed by atoms with E-state index in [4.69, 9.17) is 32.7 Å². The van der Waals surface area contributed by atoms with Gasteiger partial charge in [-0.25, -0.2) is 4.39 Å². The highest BCUT2D eigenvalue weighted by atomic mass is 35.5. The normalized spacial score (nSPS) is 12.9. The highest BCUT2D eigenvalue weighted by Gasteiger charge is 2.18. The van der Waals surface area contributed by atoms with Crippen LogP contribution in [0.4, 0.5) is 10.1 Å². The molecule has 1 aliphatic rings. The van der Waals surface area contributed by atoms with Gasteiger partial charge in [-0.2, -0.15) is 0 Å². The lowest BCUT2D eigenvalue weighted by atomic mass is 10.2. The molecule has 1 amide bonds. The number of benzene rings is 2. The predicted octanol–water partition coefficient (Wildman–Crippen LogP) is 4.16. The standard InChI is InChI=1S/C15H10Cl2FNO3/c16-8-1-2-11(18)9(5-8)15(20)19-12-7-14-13(6-10(12)17)21-3-4-22-14/h1-2,5-7H,3-4H2,(H,19,20). The van der Waals surface area contributed by atoms with Crippen molar-refractivity contribution < 1.29 is 18.7 Å². The molecule has 0 fully saturated rings. The number of anilines is 1. The highest BCUT2D eigenvalue weighted by molar-refractivity contribution is 6.34. The summed E-state index contributed by atoms with van der Waals surface area (Å²) in [5.74, 6) is -0.352. The van der Waals surface area contributed by atoms with Crippen LogP contribution < -0.4 is 14.8 Å². The molecule has 0 bridgehead atoms. The van der Waals surface area contributed by atoms with Crippen LogP contribution in [-0.4, -0.2) is 19.1 Å². The first-order chi connectivity index (χ1) is 10.5. The fourth-order valence-corrected chi connectivity index (χ4v) is 2.39. The van der Waals surface area contributed by atoms with Gasteiger partial charge in [0.2, 0.25) is 0 Å². The third-order valence-electron chi connectivity index (χ3n) is 3.05. The van der Waals surface area contributed by atoms with Crippen LogP contribution in [0.1, 0.15) is 10.4 Å². The molecule has 3 rings (SSSR count). The number of ether oxygens (including phenoxy) is 2. The van der Waals surface area contributed by atoms with E-state index in [1.54, 1.807) is 6.07 Å². The molecule has 2 aromatic rings. The maximum absolute atomic E-state index is 13.7. The van der Waals surface area contributed by atoms with Crippen LogP contribution in [0.25, 0.3) is 0 Å². The van der Waals surface area contributed by atoms with Crippen molar-refractivity contribution in [2.75, 3.05) is 18.5 Å². The van der Waals surface area contributed by atoms with Gasteiger partial charge in [-0.05, 0) is 18.2 Å². The molecule has 2 aromatic carbocycles. The van der Waals surface area contributed by atoms with Gasteiger partial charge in [0, 0.05) is 17.2 Å². The SMILES string of the molecule is O=C(Nc1cc2c(cc1Cl)OCCO2)c1cc(Cl)ccc1F. The predicted molar refractivity (Wildman–Crippen MR) is 81.8 cm³/mol. The van der Waals surface area contributed by atoms with E-state index in [2.05, 4.69) is 5.32 Å². The smallest absolute Gasteiger partial charge is 0.258 e. The summed E-state index contributed by atoms with van der Waals surface area (Å²) in [6.07, 6.45) is 0. The van der Waals surface area contributed by atoms with Gasteiger partial charge < -0.3 is 14.8 Å². The van der Waals surface area contributed by atoms with Crippen LogP contribution in [-0.2, 0) is 0 Å². The molecule has 0 saturated heterocycles. The first-order valence-electron chi connectivity index (χ1n) is 6.40. The number of rotatable bonds is 2. The molecule has 114 valence electrons. The number of fused-ring (bicyclic) bond motifs is 1. The Kier molecular flexibility index (Phi) is 4.09. The molecular formula is C15H10Cl2FNO3. The average molecular weight is 342 g/mol. The van der Waals surface area contributed by atoms with Crippen molar-refractivity contribution in [3.63, 3.8) is 0 Å². The number of nitrogens with one attached hydrogen (secondary N) is 1. The van der Waals surface area contributed by atoms with Gasteiger partial charge in [-0.15, -0.1) is 0 Å². The van der Waals surface area contributed by atoms with Gasteiger partial charge in [0.25, 0.3) is 5.91 Å². The molecule has 0 aliphatic carbocycles. The van der Waals surface area contributed by atoms with Crippen molar-refractivity contribution in [3.8, 4) is 11.5 Å². The topological polar surface area (TPSA) is 47.6 Å². The van der Waals surface area contributed by atoms with Gasteiger partial charge in [0.1, 0.15) is 19.0 Å². The summed E-state index contributed by atoms with van der Waals surface area (Å²) in [5, 5.41) is 3.07. The first-order valence-corrected chi connectivity index (χ1v) is 7.16. The van der Waals surface area contributed by atoms with E-state index in [0.29, 0.717) is 30.4 Å². The second-order valence-electron chi connectivity index (χ2n) is 4.55. The Morgan fingerprint density at radius 1 is 1.09 bits per heavy atom. The lowest BCUT2D eigenvalue weighted by Gasteiger charge is -2.20. The van der Waals surface area contributed by atoms with E-state index in [0.717, 1.165) is 6.07 Å². The Hall–Kier alpha value is -1.98. The summed E-state index contributed by atoms with van der Waals surface area (Å²) in [6.45, 7) is 0.841. The molecule has 0 aromatic heterocycles. The minimum absolute atomic E-state index is 0.168. The van der Waals surface area contributed by atoms with E-state index in [-0.39, 0.29) is 15.6 Å². The maximum atomic E-state index is 13.7. The Morgan fingerprint density at radius 3 is 2.50 bits per heavy atom. The summed E-state index contributed by atoms with van der Waals surface area (Å²) in [4.78, 5) is 12.2. The van der Waals surface area contributed by atoms with Crippen molar-refractivity contribution >= 4 is 34.8 Å². The molecule has 0 radical (unpaired) electrons. The van der Waals surface area contributed by atoms with Crippen LogP contribution in [0, 0.1) is 5.82 Å². The Morgan fingerprint density at radius 2 is 1.77 bits per heavy atom. The quantitative estimate of drug-likeness (QED) is 0.892. The van der Waals surface area contributed by atoms with Crippen LogP contribution in [0.5, 0.6) is 11.5 Å². The molecular weight excluding hydrogens is 332 g/mol. The zero-order chi connectivity index (χ0) is 15.7. The van der Waals surface area contributed by atoms with E-state index < -0.39 is 11.7 Å². The fourth-order valence-electron chi connectivity index (χ4n) is 2.02. The highest BCUT2D eigenvalue weighted by Crippen LogP contribution is 2.38. The Balaban J connectivity index is 1.89. The number of hydrogen-bond donors (Lipinski definition) is 1. The molecule has 0 atom stereocenters. The summed E-state index contributed by atoms with van der Waals surface area (Å²) < 4.78 is 24.5. The van der Waals surface area contributed by atoms with Gasteiger partial charge in [-0.3, -0.25) is 4.79 Å². The van der Waals surface area contributed by atoms with E-state index >= 15 is 0 Å². The van der Waals surface area contributed by atoms with Crippen molar-refractivity contribution in [2.45, 2.75) is 0 Å². The summed E-state index contributed by atoms with van der Waals surface area (Å²) in [6, 6.07) is 6.82. The third-order valence-corrected chi connectivity index (χ3v) is 3.60. The van der Waals surface area contributed by atoms with Crippen molar-refractivity contribution in [1.82, 2.24) is 0 Å². The van der Waals surface area contributed by atoms with Gasteiger partial charge in [0.05, 0.1) is 16.3 Å². The van der Waals surface area contributed by atoms with E-state index in [1.807, 2.05) is 0 Å². The Bertz CT molecular complexity index is 752. The molecule has 1 N–H and O–H groups in total. The van der Waals surface area contributed by atoms with Crippen LogP contribution >= 0.6 is 23.2 Å². The number of carbonyl (C=O) groups is 1. The number of amides is 1. The van der Waals surface area contributed by atoms with Crippen molar-refractivity contribution in [3.05, 3.63) is 51.8 Å². The lowest BCUT2D eigenvalue weighted by Crippen LogP contribution is -2.17. The second-order valence-corrected chi connectivity index (χ2v) is 5.40. The summed E-state index contributed by atoms with van der Waals surface area (Å²) >= 11 is 11.9. The molecule has 1 heterocycles. The number of carbonyl (C=O) groups excluding carboxylic acids is 1. The minimum atomic E-state index is -0.671. The van der Waals surface area contributed by atoms with Crippen LogP contribution in [0.3, 0.4) is 0 Å². The molecule has 0 spiro atoms. The molecule has 0 saturated carbocycles. The zero-order valence-corrected chi connectivity index (χ0v) is 12.7. The number of hydrogen-bond acceptors (Lipinski definition) is 3. The Labute approximate surface area is 135 Å². The van der Waals surface area contributed by atoms with E-state index in [9.17, 15) is 9.18 Å². The zero-order valence-electron chi connectivity index (χ0n) is 11.2. The monoisotopic (exact) mass is 341 g/mol. The average Bonchev–Trinajstić information content (AvgIpc) is 2.50. The minimum Gasteiger partial charge on any atom is -0.486 e. The largest absolute Gasteiger partial charge is 0.486 e. The maximum Gasteiger partial charge on any atom is 0.258 e.